The van der Waals surface area contributed by atoms with Crippen molar-refractivity contribution in [1.82, 2.24) is 5.32 Å². The van der Waals surface area contributed by atoms with Crippen LogP contribution < -0.4 is 14.8 Å². The zero-order valence-corrected chi connectivity index (χ0v) is 13.4. The Morgan fingerprint density at radius 2 is 1.43 bits per heavy atom. The fraction of sp³-hybridized carbons (Fsp3) is 0.333. The lowest BCUT2D eigenvalue weighted by atomic mass is 9.94. The van der Waals surface area contributed by atoms with Gasteiger partial charge < -0.3 is 14.8 Å². The quantitative estimate of drug-likeness (QED) is 0.910. The van der Waals surface area contributed by atoms with E-state index in [-0.39, 0.29) is 6.04 Å². The molecule has 1 atom stereocenters. The van der Waals surface area contributed by atoms with Crippen LogP contribution in [0.2, 0.25) is 0 Å². The van der Waals surface area contributed by atoms with Gasteiger partial charge in [-0.2, -0.15) is 0 Å². The van der Waals surface area contributed by atoms with Gasteiger partial charge in [-0.25, -0.2) is 0 Å². The van der Waals surface area contributed by atoms with Gasteiger partial charge in [0.05, 0.1) is 25.8 Å². The van der Waals surface area contributed by atoms with Crippen LogP contribution in [0.4, 0.5) is 0 Å². The summed E-state index contributed by atoms with van der Waals surface area (Å²) in [5, 5.41) is 3.38. The van der Waals surface area contributed by atoms with E-state index in [0.29, 0.717) is 0 Å². The van der Waals surface area contributed by atoms with Gasteiger partial charge in [0.1, 0.15) is 11.5 Å². The van der Waals surface area contributed by atoms with Crippen LogP contribution in [0.25, 0.3) is 0 Å². The SMILES string of the molecule is CNC(c1cc(C)cc(C)c1)c1c(OC)cccc1OC. The highest BCUT2D eigenvalue weighted by atomic mass is 16.5. The smallest absolute Gasteiger partial charge is 0.127 e. The summed E-state index contributed by atoms with van der Waals surface area (Å²) in [4.78, 5) is 0. The summed E-state index contributed by atoms with van der Waals surface area (Å²) in [6.45, 7) is 4.23. The summed E-state index contributed by atoms with van der Waals surface area (Å²) in [6.07, 6.45) is 0. The lowest BCUT2D eigenvalue weighted by Crippen LogP contribution is -2.19. The third kappa shape index (κ3) is 3.19. The van der Waals surface area contributed by atoms with Crippen LogP contribution in [0.5, 0.6) is 11.5 Å². The van der Waals surface area contributed by atoms with Gasteiger partial charge in [0.25, 0.3) is 0 Å². The van der Waals surface area contributed by atoms with Crippen molar-refractivity contribution >= 4 is 0 Å². The van der Waals surface area contributed by atoms with E-state index in [2.05, 4.69) is 37.4 Å². The molecule has 3 heteroatoms. The zero-order chi connectivity index (χ0) is 15.4. The van der Waals surface area contributed by atoms with Crippen LogP contribution in [-0.2, 0) is 0 Å². The Balaban J connectivity index is 2.60. The molecule has 0 aliphatic heterocycles. The summed E-state index contributed by atoms with van der Waals surface area (Å²) >= 11 is 0. The van der Waals surface area contributed by atoms with Crippen LogP contribution in [0, 0.1) is 13.8 Å². The lowest BCUT2D eigenvalue weighted by molar-refractivity contribution is 0.379. The summed E-state index contributed by atoms with van der Waals surface area (Å²) in [6, 6.07) is 12.5. The number of hydrogen-bond donors (Lipinski definition) is 1. The van der Waals surface area contributed by atoms with E-state index in [1.54, 1.807) is 14.2 Å². The number of methoxy groups -OCH3 is 2. The molecule has 0 spiro atoms. The van der Waals surface area contributed by atoms with Gasteiger partial charge in [-0.3, -0.25) is 0 Å². The Bertz CT molecular complexity index is 580. The van der Waals surface area contributed by atoms with E-state index in [1.165, 1.54) is 16.7 Å². The van der Waals surface area contributed by atoms with Crippen LogP contribution in [0.1, 0.15) is 28.3 Å². The van der Waals surface area contributed by atoms with E-state index in [9.17, 15) is 0 Å². The average Bonchev–Trinajstić information content (AvgIpc) is 2.47. The predicted molar refractivity (Wildman–Crippen MR) is 86.4 cm³/mol. The fourth-order valence-electron chi connectivity index (χ4n) is 2.82. The monoisotopic (exact) mass is 285 g/mol. The molecule has 0 bridgehead atoms. The van der Waals surface area contributed by atoms with Crippen molar-refractivity contribution in [2.75, 3.05) is 21.3 Å². The molecule has 0 saturated carbocycles. The largest absolute Gasteiger partial charge is 0.496 e. The van der Waals surface area contributed by atoms with Crippen LogP contribution in [-0.4, -0.2) is 21.3 Å². The molecule has 0 radical (unpaired) electrons. The molecular formula is C18H23NO2. The molecule has 0 amide bonds. The molecule has 0 aliphatic carbocycles. The third-order valence-corrected chi connectivity index (χ3v) is 3.62. The van der Waals surface area contributed by atoms with Crippen LogP contribution in [0.3, 0.4) is 0 Å². The first kappa shape index (κ1) is 15.4. The number of benzene rings is 2. The molecule has 2 rings (SSSR count). The molecule has 0 fully saturated rings. The van der Waals surface area contributed by atoms with Crippen molar-refractivity contribution < 1.29 is 9.47 Å². The molecule has 0 aromatic heterocycles. The molecule has 0 heterocycles. The summed E-state index contributed by atoms with van der Waals surface area (Å²) in [7, 11) is 5.33. The van der Waals surface area contributed by atoms with E-state index >= 15 is 0 Å². The molecule has 1 N–H and O–H groups in total. The Morgan fingerprint density at radius 3 is 1.86 bits per heavy atom. The Kier molecular flexibility index (Phi) is 4.86. The van der Waals surface area contributed by atoms with Crippen molar-refractivity contribution in [3.05, 3.63) is 58.7 Å². The maximum atomic E-state index is 5.53. The Hall–Kier alpha value is -2.00. The summed E-state index contributed by atoms with van der Waals surface area (Å²) < 4.78 is 11.1. The van der Waals surface area contributed by atoms with Gasteiger partial charge in [-0.15, -0.1) is 0 Å². The first-order valence-corrected chi connectivity index (χ1v) is 7.07. The van der Waals surface area contributed by atoms with E-state index in [0.717, 1.165) is 17.1 Å². The molecule has 2 aromatic carbocycles. The Labute approximate surface area is 126 Å². The van der Waals surface area contributed by atoms with E-state index in [4.69, 9.17) is 9.47 Å². The summed E-state index contributed by atoms with van der Waals surface area (Å²) in [5.74, 6) is 1.65. The third-order valence-electron chi connectivity index (χ3n) is 3.62. The van der Waals surface area contributed by atoms with Crippen LogP contribution >= 0.6 is 0 Å². The highest BCUT2D eigenvalue weighted by Crippen LogP contribution is 2.37. The van der Waals surface area contributed by atoms with Crippen molar-refractivity contribution in [2.45, 2.75) is 19.9 Å². The zero-order valence-electron chi connectivity index (χ0n) is 13.4. The van der Waals surface area contributed by atoms with Gasteiger partial charge in [-0.05, 0) is 38.6 Å². The minimum atomic E-state index is 0.0229. The highest BCUT2D eigenvalue weighted by molar-refractivity contribution is 5.51. The molecule has 0 saturated heterocycles. The second kappa shape index (κ2) is 6.64. The topological polar surface area (TPSA) is 30.5 Å². The standard InChI is InChI=1S/C18H23NO2/c1-12-9-13(2)11-14(10-12)18(19-3)17-15(20-4)7-6-8-16(17)21-5/h6-11,18-19H,1-5H3. The van der Waals surface area contributed by atoms with Gasteiger partial charge in [0.2, 0.25) is 0 Å². The molecule has 1 unspecified atom stereocenters. The maximum Gasteiger partial charge on any atom is 0.127 e. The number of aryl methyl sites for hydroxylation is 2. The highest BCUT2D eigenvalue weighted by Gasteiger charge is 2.21. The molecule has 3 nitrogen and oxygen atoms in total. The summed E-state index contributed by atoms with van der Waals surface area (Å²) in [5.41, 5.74) is 4.73. The van der Waals surface area contributed by atoms with E-state index < -0.39 is 0 Å². The predicted octanol–water partition coefficient (Wildman–Crippen LogP) is 3.63. The molecule has 112 valence electrons. The molecule has 2 aromatic rings. The number of rotatable bonds is 5. The minimum Gasteiger partial charge on any atom is -0.496 e. The number of ether oxygens (including phenoxy) is 2. The first-order valence-electron chi connectivity index (χ1n) is 7.07. The second-order valence-corrected chi connectivity index (χ2v) is 5.22. The van der Waals surface area contributed by atoms with Crippen molar-refractivity contribution in [1.29, 1.82) is 0 Å². The van der Waals surface area contributed by atoms with E-state index in [1.807, 2.05) is 25.2 Å². The normalized spacial score (nSPS) is 12.0. The molecule has 0 aliphatic rings. The van der Waals surface area contributed by atoms with Gasteiger partial charge >= 0.3 is 0 Å². The Morgan fingerprint density at radius 1 is 0.905 bits per heavy atom. The van der Waals surface area contributed by atoms with Gasteiger partial charge in [0, 0.05) is 0 Å². The van der Waals surface area contributed by atoms with Crippen molar-refractivity contribution in [3.63, 3.8) is 0 Å². The number of hydrogen-bond acceptors (Lipinski definition) is 3. The van der Waals surface area contributed by atoms with Crippen molar-refractivity contribution in [3.8, 4) is 11.5 Å². The van der Waals surface area contributed by atoms with Gasteiger partial charge in [-0.1, -0.05) is 35.4 Å². The lowest BCUT2D eigenvalue weighted by Gasteiger charge is -2.23. The van der Waals surface area contributed by atoms with Crippen molar-refractivity contribution in [2.24, 2.45) is 0 Å². The fourth-order valence-corrected chi connectivity index (χ4v) is 2.82. The average molecular weight is 285 g/mol. The van der Waals surface area contributed by atoms with Crippen LogP contribution in [0.15, 0.2) is 36.4 Å². The first-order chi connectivity index (χ1) is 10.1. The number of nitrogens with one attached hydrogen (secondary N) is 1. The second-order valence-electron chi connectivity index (χ2n) is 5.22. The minimum absolute atomic E-state index is 0.0229. The van der Waals surface area contributed by atoms with Gasteiger partial charge in [0.15, 0.2) is 0 Å². The molecular weight excluding hydrogens is 262 g/mol. The molecule has 21 heavy (non-hydrogen) atoms. The maximum absolute atomic E-state index is 5.53.